The molecule has 1 rings (SSSR count). The van der Waals surface area contributed by atoms with E-state index in [0.717, 1.165) is 6.42 Å². The normalized spacial score (nSPS) is 19.9. The van der Waals surface area contributed by atoms with Crippen molar-refractivity contribution in [2.45, 2.75) is 72.0 Å². The van der Waals surface area contributed by atoms with Gasteiger partial charge in [0.1, 0.15) is 0 Å². The molecule has 0 N–H and O–H groups in total. The zero-order valence-corrected chi connectivity index (χ0v) is 12.9. The van der Waals surface area contributed by atoms with Gasteiger partial charge in [-0.3, -0.25) is 9.59 Å². The summed E-state index contributed by atoms with van der Waals surface area (Å²) in [6, 6.07) is 0. The lowest BCUT2D eigenvalue weighted by Crippen LogP contribution is -2.44. The van der Waals surface area contributed by atoms with Gasteiger partial charge in [-0.2, -0.15) is 0 Å². The second-order valence-electron chi connectivity index (χ2n) is 6.39. The SMILES string of the molecule is CCC(C)(C)C(=O)OC(C)(C)C(=O)OC1CCCC1=O. The molecule has 5 heteroatoms. The number of Topliss-reactive ketones (excluding diaryl/α,β-unsaturated/α-hetero) is 1. The highest BCUT2D eigenvalue weighted by molar-refractivity contribution is 5.90. The van der Waals surface area contributed by atoms with Crippen LogP contribution >= 0.6 is 0 Å². The summed E-state index contributed by atoms with van der Waals surface area (Å²) in [4.78, 5) is 35.6. The molecule has 0 aromatic heterocycles. The Morgan fingerprint density at radius 1 is 1.20 bits per heavy atom. The third-order valence-electron chi connectivity index (χ3n) is 3.77. The Labute approximate surface area is 120 Å². The molecule has 1 fully saturated rings. The lowest BCUT2D eigenvalue weighted by atomic mass is 9.90. The van der Waals surface area contributed by atoms with E-state index in [4.69, 9.17) is 9.47 Å². The first-order valence-electron chi connectivity index (χ1n) is 7.07. The molecule has 1 aliphatic carbocycles. The van der Waals surface area contributed by atoms with E-state index in [-0.39, 0.29) is 5.78 Å². The van der Waals surface area contributed by atoms with Gasteiger partial charge < -0.3 is 9.47 Å². The third-order valence-corrected chi connectivity index (χ3v) is 3.77. The molecule has 0 heterocycles. The van der Waals surface area contributed by atoms with Crippen molar-refractivity contribution in [3.8, 4) is 0 Å². The molecule has 1 unspecified atom stereocenters. The number of carbonyl (C=O) groups excluding carboxylic acids is 3. The van der Waals surface area contributed by atoms with Crippen LogP contribution in [0.25, 0.3) is 0 Å². The van der Waals surface area contributed by atoms with E-state index >= 15 is 0 Å². The largest absolute Gasteiger partial charge is 0.451 e. The number of hydrogen-bond acceptors (Lipinski definition) is 5. The Morgan fingerprint density at radius 3 is 2.25 bits per heavy atom. The summed E-state index contributed by atoms with van der Waals surface area (Å²) in [5.41, 5.74) is -2.03. The maximum absolute atomic E-state index is 12.1. The van der Waals surface area contributed by atoms with E-state index in [9.17, 15) is 14.4 Å². The number of carbonyl (C=O) groups is 3. The van der Waals surface area contributed by atoms with Gasteiger partial charge in [-0.05, 0) is 47.0 Å². The van der Waals surface area contributed by atoms with Gasteiger partial charge >= 0.3 is 11.9 Å². The Kier molecular flexibility index (Phi) is 4.95. The minimum atomic E-state index is -1.38. The first-order valence-corrected chi connectivity index (χ1v) is 7.07. The molecule has 0 aliphatic heterocycles. The lowest BCUT2D eigenvalue weighted by Gasteiger charge is -2.29. The second kappa shape index (κ2) is 5.94. The molecule has 20 heavy (non-hydrogen) atoms. The summed E-state index contributed by atoms with van der Waals surface area (Å²) < 4.78 is 10.4. The molecule has 0 aromatic carbocycles. The Morgan fingerprint density at radius 2 is 1.80 bits per heavy atom. The van der Waals surface area contributed by atoms with Crippen LogP contribution in [0.1, 0.15) is 60.3 Å². The average molecular weight is 284 g/mol. The summed E-state index contributed by atoms with van der Waals surface area (Å²) in [6.45, 7) is 8.37. The maximum Gasteiger partial charge on any atom is 0.350 e. The molecule has 114 valence electrons. The minimum absolute atomic E-state index is 0.0608. The Hall–Kier alpha value is -1.39. The van der Waals surface area contributed by atoms with Crippen LogP contribution in [0.3, 0.4) is 0 Å². The number of rotatable bonds is 5. The first-order chi connectivity index (χ1) is 9.10. The quantitative estimate of drug-likeness (QED) is 0.725. The van der Waals surface area contributed by atoms with E-state index < -0.39 is 29.1 Å². The van der Waals surface area contributed by atoms with Gasteiger partial charge in [0.05, 0.1) is 5.41 Å². The average Bonchev–Trinajstić information content (AvgIpc) is 2.74. The minimum Gasteiger partial charge on any atom is -0.451 e. The van der Waals surface area contributed by atoms with Crippen LogP contribution in [-0.4, -0.2) is 29.4 Å². The first kappa shape index (κ1) is 16.7. The molecule has 0 amide bonds. The van der Waals surface area contributed by atoms with Gasteiger partial charge in [0.2, 0.25) is 5.60 Å². The van der Waals surface area contributed by atoms with Crippen LogP contribution in [0.5, 0.6) is 0 Å². The van der Waals surface area contributed by atoms with Crippen molar-refractivity contribution in [1.29, 1.82) is 0 Å². The molecule has 5 nitrogen and oxygen atoms in total. The fourth-order valence-electron chi connectivity index (χ4n) is 1.74. The van der Waals surface area contributed by atoms with Crippen LogP contribution in [0.4, 0.5) is 0 Å². The van der Waals surface area contributed by atoms with Crippen LogP contribution < -0.4 is 0 Å². The molecule has 0 radical (unpaired) electrons. The summed E-state index contributed by atoms with van der Waals surface area (Å²) in [7, 11) is 0. The van der Waals surface area contributed by atoms with Crippen LogP contribution in [-0.2, 0) is 23.9 Å². The highest BCUT2D eigenvalue weighted by Gasteiger charge is 2.41. The molecular formula is C15H24O5. The van der Waals surface area contributed by atoms with Crippen LogP contribution in [0.2, 0.25) is 0 Å². The van der Waals surface area contributed by atoms with E-state index in [2.05, 4.69) is 0 Å². The van der Waals surface area contributed by atoms with Crippen molar-refractivity contribution in [2.24, 2.45) is 5.41 Å². The predicted molar refractivity (Wildman–Crippen MR) is 73.0 cm³/mol. The molecule has 0 aromatic rings. The van der Waals surface area contributed by atoms with Crippen molar-refractivity contribution in [2.75, 3.05) is 0 Å². The lowest BCUT2D eigenvalue weighted by molar-refractivity contribution is -0.187. The van der Waals surface area contributed by atoms with Gasteiger partial charge in [-0.1, -0.05) is 6.92 Å². The fourth-order valence-corrected chi connectivity index (χ4v) is 1.74. The van der Waals surface area contributed by atoms with Crippen molar-refractivity contribution in [3.05, 3.63) is 0 Å². The van der Waals surface area contributed by atoms with Crippen molar-refractivity contribution >= 4 is 17.7 Å². The maximum atomic E-state index is 12.1. The Balaban J connectivity index is 2.65. The highest BCUT2D eigenvalue weighted by atomic mass is 16.6. The van der Waals surface area contributed by atoms with Gasteiger partial charge in [0, 0.05) is 6.42 Å². The van der Waals surface area contributed by atoms with E-state index in [1.54, 1.807) is 13.8 Å². The van der Waals surface area contributed by atoms with Crippen LogP contribution in [0.15, 0.2) is 0 Å². The monoisotopic (exact) mass is 284 g/mol. The highest BCUT2D eigenvalue weighted by Crippen LogP contribution is 2.26. The molecule has 1 atom stereocenters. The van der Waals surface area contributed by atoms with E-state index in [1.165, 1.54) is 13.8 Å². The smallest absolute Gasteiger partial charge is 0.350 e. The molecule has 0 saturated heterocycles. The second-order valence-corrected chi connectivity index (χ2v) is 6.39. The van der Waals surface area contributed by atoms with Gasteiger partial charge in [0.25, 0.3) is 0 Å². The number of hydrogen-bond donors (Lipinski definition) is 0. The van der Waals surface area contributed by atoms with Gasteiger partial charge in [-0.25, -0.2) is 4.79 Å². The number of esters is 2. The topological polar surface area (TPSA) is 69.7 Å². The zero-order chi connectivity index (χ0) is 15.6. The summed E-state index contributed by atoms with van der Waals surface area (Å²) >= 11 is 0. The fraction of sp³-hybridized carbons (Fsp3) is 0.800. The van der Waals surface area contributed by atoms with Gasteiger partial charge in [-0.15, -0.1) is 0 Å². The third kappa shape index (κ3) is 3.81. The van der Waals surface area contributed by atoms with Crippen molar-refractivity contribution in [3.63, 3.8) is 0 Å². The summed E-state index contributed by atoms with van der Waals surface area (Å²) in [6.07, 6.45) is 1.66. The number of ketones is 1. The number of ether oxygens (including phenoxy) is 2. The van der Waals surface area contributed by atoms with Crippen molar-refractivity contribution < 1.29 is 23.9 Å². The molecule has 0 bridgehead atoms. The summed E-state index contributed by atoms with van der Waals surface area (Å²) in [5, 5.41) is 0. The van der Waals surface area contributed by atoms with Crippen LogP contribution in [0, 0.1) is 5.41 Å². The van der Waals surface area contributed by atoms with E-state index in [0.29, 0.717) is 19.3 Å². The Bertz CT molecular complexity index is 408. The van der Waals surface area contributed by atoms with Gasteiger partial charge in [0.15, 0.2) is 11.9 Å². The molecule has 1 saturated carbocycles. The molecular weight excluding hydrogens is 260 g/mol. The standard InChI is InChI=1S/C15H24O5/c1-6-14(2,3)12(17)20-15(4,5)13(18)19-11-9-7-8-10(11)16/h11H,6-9H2,1-5H3. The van der Waals surface area contributed by atoms with Crippen molar-refractivity contribution in [1.82, 2.24) is 0 Å². The molecule has 1 aliphatic rings. The van der Waals surface area contributed by atoms with E-state index in [1.807, 2.05) is 6.92 Å². The summed E-state index contributed by atoms with van der Waals surface area (Å²) in [5.74, 6) is -1.17. The molecule has 0 spiro atoms. The predicted octanol–water partition coefficient (Wildman–Crippen LogP) is 2.41. The zero-order valence-electron chi connectivity index (χ0n) is 12.9.